The van der Waals surface area contributed by atoms with E-state index < -0.39 is 31.5 Å². The fourth-order valence-electron chi connectivity index (χ4n) is 2.51. The molecule has 0 aliphatic carbocycles. The number of carbonyl (C=O) groups excluding carboxylic acids is 2. The number of hydrogen-bond acceptors (Lipinski definition) is 4. The summed E-state index contributed by atoms with van der Waals surface area (Å²) in [4.78, 5) is 24.9. The number of carbonyl (C=O) groups is 2. The molecule has 0 saturated heterocycles. The first-order valence-electron chi connectivity index (χ1n) is 8.68. The molecule has 0 fully saturated rings. The molecule has 0 aliphatic heterocycles. The van der Waals surface area contributed by atoms with Gasteiger partial charge in [-0.15, -0.1) is 0 Å². The molecule has 6 nitrogen and oxygen atoms in total. The van der Waals surface area contributed by atoms with Crippen LogP contribution < -0.4 is 10.0 Å². The van der Waals surface area contributed by atoms with Crippen LogP contribution in [0.3, 0.4) is 0 Å². The highest BCUT2D eigenvalue weighted by atomic mass is 35.5. The molecule has 9 heteroatoms. The summed E-state index contributed by atoms with van der Waals surface area (Å²) < 4.78 is 25.4. The predicted octanol–water partition coefficient (Wildman–Crippen LogP) is 4.52. The quantitative estimate of drug-likeness (QED) is 0.493. The summed E-state index contributed by atoms with van der Waals surface area (Å²) in [6.45, 7) is 6.49. The predicted molar refractivity (Wildman–Crippen MR) is 116 cm³/mol. The van der Waals surface area contributed by atoms with Gasteiger partial charge in [0.05, 0.1) is 10.6 Å². The number of nitrogens with one attached hydrogen (secondary N) is 2. The van der Waals surface area contributed by atoms with Crippen LogP contribution in [0.2, 0.25) is 0 Å². The molecule has 0 heterocycles. The minimum absolute atomic E-state index is 0.144. The molecular formula is C20H22Cl2N2O4S. The number of hydrogen-bond donors (Lipinski definition) is 2. The van der Waals surface area contributed by atoms with Crippen LogP contribution in [0.4, 0.5) is 11.4 Å². The lowest BCUT2D eigenvalue weighted by molar-refractivity contribution is -0.131. The maximum Gasteiger partial charge on any atom is 0.268 e. The SMILES string of the molecule is Cc1ccccc1S(=O)(=O)Nc1cccc(NC(=O)C(Cl)(Cl)C(=O)C(C)(C)C)c1. The van der Waals surface area contributed by atoms with Crippen molar-refractivity contribution in [3.63, 3.8) is 0 Å². The van der Waals surface area contributed by atoms with Gasteiger partial charge in [0, 0.05) is 11.1 Å². The highest BCUT2D eigenvalue weighted by Crippen LogP contribution is 2.33. The summed E-state index contributed by atoms with van der Waals surface area (Å²) in [6.07, 6.45) is 0. The number of benzene rings is 2. The van der Waals surface area contributed by atoms with Gasteiger partial charge in [0.1, 0.15) is 0 Å². The van der Waals surface area contributed by atoms with Crippen molar-refractivity contribution in [1.82, 2.24) is 0 Å². The van der Waals surface area contributed by atoms with Crippen molar-refractivity contribution in [2.75, 3.05) is 10.0 Å². The molecule has 0 bridgehead atoms. The van der Waals surface area contributed by atoms with Gasteiger partial charge in [-0.25, -0.2) is 8.42 Å². The minimum atomic E-state index is -3.82. The largest absolute Gasteiger partial charge is 0.323 e. The molecule has 0 saturated carbocycles. The van der Waals surface area contributed by atoms with Crippen LogP contribution in [0.15, 0.2) is 53.4 Å². The Kier molecular flexibility index (Phi) is 6.67. The van der Waals surface area contributed by atoms with E-state index >= 15 is 0 Å². The molecule has 2 aromatic carbocycles. The third-order valence-electron chi connectivity index (χ3n) is 4.01. The molecule has 0 aliphatic rings. The second-order valence-corrected chi connectivity index (χ2v) is 10.5. The molecule has 0 spiro atoms. The standard InChI is InChI=1S/C20H22Cl2N2O4S/c1-13-8-5-6-11-16(13)29(27,28)24-15-10-7-9-14(12-15)23-18(26)20(21,22)17(25)19(2,3)4/h5-12,24H,1-4H3,(H,23,26). The van der Waals surface area contributed by atoms with Gasteiger partial charge in [0.25, 0.3) is 20.3 Å². The molecule has 1 amide bonds. The molecule has 156 valence electrons. The molecule has 2 N–H and O–H groups in total. The van der Waals surface area contributed by atoms with Crippen molar-refractivity contribution >= 4 is 56.3 Å². The zero-order valence-corrected chi connectivity index (χ0v) is 18.7. The Morgan fingerprint density at radius 1 is 0.931 bits per heavy atom. The average Bonchev–Trinajstić information content (AvgIpc) is 2.60. The van der Waals surface area contributed by atoms with Crippen LogP contribution in [0.1, 0.15) is 26.3 Å². The number of amides is 1. The van der Waals surface area contributed by atoms with Crippen LogP contribution in [-0.2, 0) is 19.6 Å². The summed E-state index contributed by atoms with van der Waals surface area (Å²) in [5.74, 6) is -1.57. The Morgan fingerprint density at radius 3 is 2.10 bits per heavy atom. The van der Waals surface area contributed by atoms with Gasteiger partial charge < -0.3 is 5.32 Å². The zero-order valence-electron chi connectivity index (χ0n) is 16.4. The van der Waals surface area contributed by atoms with Crippen molar-refractivity contribution in [1.29, 1.82) is 0 Å². The van der Waals surface area contributed by atoms with Gasteiger partial charge in [0.2, 0.25) is 0 Å². The Bertz CT molecular complexity index is 1040. The van der Waals surface area contributed by atoms with E-state index in [4.69, 9.17) is 23.2 Å². The number of anilines is 2. The summed E-state index contributed by atoms with van der Waals surface area (Å²) >= 11 is 12.0. The molecule has 0 unspecified atom stereocenters. The minimum Gasteiger partial charge on any atom is -0.323 e. The van der Waals surface area contributed by atoms with Crippen molar-refractivity contribution < 1.29 is 18.0 Å². The Labute approximate surface area is 180 Å². The summed E-state index contributed by atoms with van der Waals surface area (Å²) in [5, 5.41) is 2.45. The molecular weight excluding hydrogens is 435 g/mol. The number of halogens is 2. The highest BCUT2D eigenvalue weighted by molar-refractivity contribution is 7.92. The number of sulfonamides is 1. The fourth-order valence-corrected chi connectivity index (χ4v) is 4.47. The average molecular weight is 457 g/mol. The smallest absolute Gasteiger partial charge is 0.268 e. The second-order valence-electron chi connectivity index (χ2n) is 7.56. The van der Waals surface area contributed by atoms with Crippen LogP contribution in [0, 0.1) is 12.3 Å². The first kappa shape index (κ1) is 23.2. The van der Waals surface area contributed by atoms with Crippen molar-refractivity contribution in [3.05, 3.63) is 54.1 Å². The van der Waals surface area contributed by atoms with Crippen molar-refractivity contribution in [2.24, 2.45) is 5.41 Å². The molecule has 2 rings (SSSR count). The van der Waals surface area contributed by atoms with Crippen LogP contribution in [0.5, 0.6) is 0 Å². The van der Waals surface area contributed by atoms with E-state index in [9.17, 15) is 18.0 Å². The lowest BCUT2D eigenvalue weighted by Gasteiger charge is -2.25. The topological polar surface area (TPSA) is 92.3 Å². The van der Waals surface area contributed by atoms with Gasteiger partial charge >= 0.3 is 0 Å². The summed E-state index contributed by atoms with van der Waals surface area (Å²) in [6, 6.07) is 12.6. The van der Waals surface area contributed by atoms with E-state index in [0.29, 0.717) is 5.56 Å². The number of aryl methyl sites for hydroxylation is 1. The van der Waals surface area contributed by atoms with Crippen molar-refractivity contribution in [2.45, 2.75) is 36.9 Å². The molecule has 0 atom stereocenters. The molecule has 0 aromatic heterocycles. The third-order valence-corrected chi connectivity index (χ3v) is 6.24. The van der Waals surface area contributed by atoms with Crippen molar-refractivity contribution in [3.8, 4) is 0 Å². The van der Waals surface area contributed by atoms with E-state index in [0.717, 1.165) is 0 Å². The van der Waals surface area contributed by atoms with E-state index in [1.807, 2.05) is 0 Å². The second kappa shape index (κ2) is 8.34. The van der Waals surface area contributed by atoms with Gasteiger partial charge in [-0.1, -0.05) is 68.2 Å². The van der Waals surface area contributed by atoms with Crippen LogP contribution in [0.25, 0.3) is 0 Å². The Balaban J connectivity index is 2.23. The molecule has 0 radical (unpaired) electrons. The van der Waals surface area contributed by atoms with Gasteiger partial charge in [-0.2, -0.15) is 0 Å². The van der Waals surface area contributed by atoms with E-state index in [2.05, 4.69) is 10.0 Å². The van der Waals surface area contributed by atoms with Crippen LogP contribution >= 0.6 is 23.2 Å². The summed E-state index contributed by atoms with van der Waals surface area (Å²) in [7, 11) is -3.82. The maximum absolute atomic E-state index is 12.6. The van der Waals surface area contributed by atoms with Gasteiger partial charge in [-0.05, 0) is 36.8 Å². The van der Waals surface area contributed by atoms with E-state index in [-0.39, 0.29) is 16.3 Å². The molecule has 29 heavy (non-hydrogen) atoms. The van der Waals surface area contributed by atoms with E-state index in [1.54, 1.807) is 52.0 Å². The summed E-state index contributed by atoms with van der Waals surface area (Å²) in [5.41, 5.74) is 0.126. The third kappa shape index (κ3) is 5.50. The number of rotatable bonds is 6. The van der Waals surface area contributed by atoms with Crippen LogP contribution in [-0.4, -0.2) is 24.4 Å². The number of alkyl halides is 2. The lowest BCUT2D eigenvalue weighted by Crippen LogP contribution is -2.45. The number of ketones is 1. The van der Waals surface area contributed by atoms with Gasteiger partial charge in [0.15, 0.2) is 5.78 Å². The fraction of sp³-hybridized carbons (Fsp3) is 0.300. The van der Waals surface area contributed by atoms with E-state index in [1.165, 1.54) is 24.3 Å². The van der Waals surface area contributed by atoms with Gasteiger partial charge in [-0.3, -0.25) is 14.3 Å². The first-order chi connectivity index (χ1) is 13.2. The number of Topliss-reactive ketones (excluding diaryl/α,β-unsaturated/α-hetero) is 1. The Hall–Kier alpha value is -2.09. The highest BCUT2D eigenvalue weighted by Gasteiger charge is 2.47. The lowest BCUT2D eigenvalue weighted by atomic mass is 9.88. The zero-order chi connectivity index (χ0) is 22.0. The maximum atomic E-state index is 12.6. The first-order valence-corrected chi connectivity index (χ1v) is 10.9. The normalized spacial score (nSPS) is 12.3. The molecule has 2 aromatic rings. The monoisotopic (exact) mass is 456 g/mol. The Morgan fingerprint density at radius 2 is 1.52 bits per heavy atom.